The SMILES string of the molecule is Cc1ncsc1CN1CC2(CC(Oc3cccnc3)CCO2)C1. The van der Waals surface area contributed by atoms with Gasteiger partial charge in [0, 0.05) is 43.5 Å². The molecular formula is C17H21N3O2S. The van der Waals surface area contributed by atoms with Crippen molar-refractivity contribution in [3.8, 4) is 5.75 Å². The summed E-state index contributed by atoms with van der Waals surface area (Å²) in [6.45, 7) is 5.80. The highest BCUT2D eigenvalue weighted by Gasteiger charge is 2.48. The summed E-state index contributed by atoms with van der Waals surface area (Å²) in [5.74, 6) is 0.853. The van der Waals surface area contributed by atoms with E-state index >= 15 is 0 Å². The highest BCUT2D eigenvalue weighted by molar-refractivity contribution is 7.09. The molecule has 0 aliphatic carbocycles. The van der Waals surface area contributed by atoms with E-state index in [2.05, 4.69) is 21.8 Å². The highest BCUT2D eigenvalue weighted by Crippen LogP contribution is 2.36. The van der Waals surface area contributed by atoms with Crippen molar-refractivity contribution in [2.24, 2.45) is 0 Å². The lowest BCUT2D eigenvalue weighted by atomic mass is 9.84. The molecule has 0 amide bonds. The van der Waals surface area contributed by atoms with Crippen LogP contribution in [0.25, 0.3) is 0 Å². The van der Waals surface area contributed by atoms with Gasteiger partial charge in [-0.25, -0.2) is 4.98 Å². The van der Waals surface area contributed by atoms with E-state index in [0.29, 0.717) is 0 Å². The van der Waals surface area contributed by atoms with Gasteiger partial charge in [0.15, 0.2) is 0 Å². The normalized spacial score (nSPS) is 23.6. The molecule has 2 fully saturated rings. The first-order chi connectivity index (χ1) is 11.2. The molecule has 1 unspecified atom stereocenters. The summed E-state index contributed by atoms with van der Waals surface area (Å²) in [5.41, 5.74) is 3.05. The Labute approximate surface area is 140 Å². The van der Waals surface area contributed by atoms with Crippen molar-refractivity contribution in [1.29, 1.82) is 0 Å². The average molecular weight is 331 g/mol. The first-order valence-electron chi connectivity index (χ1n) is 8.04. The first kappa shape index (κ1) is 15.1. The minimum Gasteiger partial charge on any atom is -0.489 e. The molecule has 0 radical (unpaired) electrons. The zero-order chi connectivity index (χ0) is 15.7. The van der Waals surface area contributed by atoms with Gasteiger partial charge in [-0.05, 0) is 19.1 Å². The molecule has 2 aliphatic heterocycles. The zero-order valence-electron chi connectivity index (χ0n) is 13.3. The van der Waals surface area contributed by atoms with Gasteiger partial charge >= 0.3 is 0 Å². The van der Waals surface area contributed by atoms with Gasteiger partial charge in [-0.15, -0.1) is 11.3 Å². The van der Waals surface area contributed by atoms with Crippen molar-refractivity contribution in [3.05, 3.63) is 40.6 Å². The second-order valence-electron chi connectivity index (χ2n) is 6.46. The van der Waals surface area contributed by atoms with Crippen LogP contribution in [0.2, 0.25) is 0 Å². The summed E-state index contributed by atoms with van der Waals surface area (Å²) in [4.78, 5) is 12.2. The maximum Gasteiger partial charge on any atom is 0.138 e. The Morgan fingerprint density at radius 3 is 3.13 bits per heavy atom. The Morgan fingerprint density at radius 2 is 2.39 bits per heavy atom. The summed E-state index contributed by atoms with van der Waals surface area (Å²) in [5, 5.41) is 0. The van der Waals surface area contributed by atoms with Gasteiger partial charge in [0.2, 0.25) is 0 Å². The average Bonchev–Trinajstić information content (AvgIpc) is 2.92. The smallest absolute Gasteiger partial charge is 0.138 e. The Balaban J connectivity index is 1.33. The predicted molar refractivity (Wildman–Crippen MR) is 88.7 cm³/mol. The number of ether oxygens (including phenoxy) is 2. The molecule has 1 spiro atoms. The van der Waals surface area contributed by atoms with Crippen LogP contribution in [0.15, 0.2) is 30.0 Å². The number of aromatic nitrogens is 2. The summed E-state index contributed by atoms with van der Waals surface area (Å²) in [7, 11) is 0. The van der Waals surface area contributed by atoms with E-state index in [0.717, 1.165) is 50.5 Å². The third-order valence-electron chi connectivity index (χ3n) is 4.62. The van der Waals surface area contributed by atoms with Crippen molar-refractivity contribution < 1.29 is 9.47 Å². The summed E-state index contributed by atoms with van der Waals surface area (Å²) in [6.07, 6.45) is 5.68. The number of likely N-dealkylation sites (tertiary alicyclic amines) is 1. The van der Waals surface area contributed by atoms with Crippen LogP contribution >= 0.6 is 11.3 Å². The maximum atomic E-state index is 6.10. The maximum absolute atomic E-state index is 6.10. The molecule has 6 heteroatoms. The molecule has 0 N–H and O–H groups in total. The third kappa shape index (κ3) is 3.24. The second kappa shape index (κ2) is 6.19. The topological polar surface area (TPSA) is 47.5 Å². The molecule has 2 aromatic rings. The van der Waals surface area contributed by atoms with Crippen LogP contribution in [-0.2, 0) is 11.3 Å². The van der Waals surface area contributed by atoms with Crippen LogP contribution in [0, 0.1) is 6.92 Å². The summed E-state index contributed by atoms with van der Waals surface area (Å²) in [6, 6.07) is 3.88. The van der Waals surface area contributed by atoms with Gasteiger partial charge in [0.1, 0.15) is 11.9 Å². The van der Waals surface area contributed by atoms with Gasteiger partial charge in [-0.3, -0.25) is 9.88 Å². The molecule has 2 aliphatic rings. The van der Waals surface area contributed by atoms with E-state index in [-0.39, 0.29) is 11.7 Å². The van der Waals surface area contributed by atoms with Gasteiger partial charge in [0.25, 0.3) is 0 Å². The molecule has 5 nitrogen and oxygen atoms in total. The number of hydrogen-bond acceptors (Lipinski definition) is 6. The lowest BCUT2D eigenvalue weighted by Gasteiger charge is -2.53. The molecule has 0 bridgehead atoms. The van der Waals surface area contributed by atoms with Crippen molar-refractivity contribution in [1.82, 2.24) is 14.9 Å². The van der Waals surface area contributed by atoms with Crippen LogP contribution in [0.5, 0.6) is 5.75 Å². The zero-order valence-corrected chi connectivity index (χ0v) is 14.1. The Kier molecular flexibility index (Phi) is 4.05. The van der Waals surface area contributed by atoms with E-state index in [1.165, 1.54) is 4.88 Å². The van der Waals surface area contributed by atoms with Crippen LogP contribution < -0.4 is 4.74 Å². The minimum atomic E-state index is -0.0241. The molecule has 122 valence electrons. The molecule has 0 aromatic carbocycles. The van der Waals surface area contributed by atoms with E-state index in [1.54, 1.807) is 23.7 Å². The molecule has 4 heterocycles. The van der Waals surface area contributed by atoms with Crippen molar-refractivity contribution in [2.75, 3.05) is 19.7 Å². The highest BCUT2D eigenvalue weighted by atomic mass is 32.1. The van der Waals surface area contributed by atoms with E-state index in [1.807, 2.05) is 17.6 Å². The lowest BCUT2D eigenvalue weighted by molar-refractivity contribution is -0.187. The number of thiazole rings is 1. The number of nitrogens with zero attached hydrogens (tertiary/aromatic N) is 3. The van der Waals surface area contributed by atoms with Crippen LogP contribution in [0.4, 0.5) is 0 Å². The summed E-state index contributed by atoms with van der Waals surface area (Å²) < 4.78 is 12.2. The fraction of sp³-hybridized carbons (Fsp3) is 0.529. The summed E-state index contributed by atoms with van der Waals surface area (Å²) >= 11 is 1.74. The molecule has 23 heavy (non-hydrogen) atoms. The fourth-order valence-electron chi connectivity index (χ4n) is 3.47. The molecular weight excluding hydrogens is 310 g/mol. The van der Waals surface area contributed by atoms with Crippen molar-refractivity contribution in [2.45, 2.75) is 38.0 Å². The Morgan fingerprint density at radius 1 is 1.48 bits per heavy atom. The third-order valence-corrected chi connectivity index (χ3v) is 5.54. The van der Waals surface area contributed by atoms with E-state index in [9.17, 15) is 0 Å². The number of pyridine rings is 1. The van der Waals surface area contributed by atoms with Crippen LogP contribution in [0.3, 0.4) is 0 Å². The minimum absolute atomic E-state index is 0.0241. The van der Waals surface area contributed by atoms with Crippen LogP contribution in [0.1, 0.15) is 23.4 Å². The van der Waals surface area contributed by atoms with Gasteiger partial charge < -0.3 is 9.47 Å². The number of rotatable bonds is 4. The molecule has 1 atom stereocenters. The number of aryl methyl sites for hydroxylation is 1. The van der Waals surface area contributed by atoms with E-state index < -0.39 is 0 Å². The van der Waals surface area contributed by atoms with Crippen LogP contribution in [-0.4, -0.2) is 46.3 Å². The molecule has 2 aromatic heterocycles. The predicted octanol–water partition coefficient (Wildman–Crippen LogP) is 2.66. The lowest BCUT2D eigenvalue weighted by Crippen LogP contribution is -2.65. The molecule has 0 saturated carbocycles. The monoisotopic (exact) mass is 331 g/mol. The van der Waals surface area contributed by atoms with Crippen molar-refractivity contribution in [3.63, 3.8) is 0 Å². The quantitative estimate of drug-likeness (QED) is 0.862. The van der Waals surface area contributed by atoms with Crippen molar-refractivity contribution >= 4 is 11.3 Å². The standard InChI is InChI=1S/C17H21N3O2S/c1-13-16(23-12-19-13)9-20-10-17(11-20)7-14(4-6-21-17)22-15-3-2-5-18-8-15/h2-3,5,8,12,14H,4,6-7,9-11H2,1H3. The molecule has 4 rings (SSSR count). The fourth-order valence-corrected chi connectivity index (χ4v) is 4.29. The van der Waals surface area contributed by atoms with Gasteiger partial charge in [0.05, 0.1) is 29.6 Å². The van der Waals surface area contributed by atoms with Gasteiger partial charge in [-0.2, -0.15) is 0 Å². The van der Waals surface area contributed by atoms with E-state index in [4.69, 9.17) is 9.47 Å². The number of hydrogen-bond donors (Lipinski definition) is 0. The first-order valence-corrected chi connectivity index (χ1v) is 8.92. The molecule has 2 saturated heterocycles. The second-order valence-corrected chi connectivity index (χ2v) is 7.40. The largest absolute Gasteiger partial charge is 0.489 e. The Bertz CT molecular complexity index is 655. The Hall–Kier alpha value is -1.50. The van der Waals surface area contributed by atoms with Gasteiger partial charge in [-0.1, -0.05) is 0 Å².